The van der Waals surface area contributed by atoms with Gasteiger partial charge in [0.1, 0.15) is 6.61 Å². The van der Waals surface area contributed by atoms with Crippen LogP contribution in [-0.4, -0.2) is 56.3 Å². The van der Waals surface area contributed by atoms with Crippen LogP contribution in [0.5, 0.6) is 0 Å². The van der Waals surface area contributed by atoms with E-state index < -0.39 is 32.5 Å². The number of nitrogens with one attached hydrogen (secondary N) is 1. The Labute approximate surface area is 364 Å². The second-order valence-electron chi connectivity index (χ2n) is 14.2. The molecular weight excluding hydrogens is 774 g/mol. The van der Waals surface area contributed by atoms with Gasteiger partial charge < -0.3 is 19.7 Å². The van der Waals surface area contributed by atoms with Gasteiger partial charge in [0.05, 0.1) is 13.2 Å². The van der Waals surface area contributed by atoms with E-state index in [1.807, 2.05) is 24.3 Å². The number of likely N-dealkylation sites (N-methyl/N-ethyl adjacent to an activating group) is 1. The molecule has 0 aromatic heterocycles. The molecule has 60 heavy (non-hydrogen) atoms. The van der Waals surface area contributed by atoms with Crippen LogP contribution < -0.4 is 5.32 Å². The van der Waals surface area contributed by atoms with Crippen molar-refractivity contribution < 1.29 is 37.6 Å². The fourth-order valence-electron chi connectivity index (χ4n) is 5.16. The molecule has 0 heterocycles. The molecule has 0 aromatic carbocycles. The first kappa shape index (κ1) is 56.4. The van der Waals surface area contributed by atoms with Gasteiger partial charge in [-0.1, -0.05) is 161 Å². The molecule has 0 aliphatic rings. The first-order valence-electron chi connectivity index (χ1n) is 22.5. The number of unbranched alkanes of at least 4 members (excludes halogenated alkanes) is 6. The van der Waals surface area contributed by atoms with Crippen LogP contribution in [0.15, 0.2) is 122 Å². The van der Waals surface area contributed by atoms with Crippen LogP contribution in [0.4, 0.5) is 0 Å². The minimum absolute atomic E-state index is 0.0486. The summed E-state index contributed by atoms with van der Waals surface area (Å²) < 4.78 is 33.0. The van der Waals surface area contributed by atoms with Crippen LogP contribution in [0.25, 0.3) is 0 Å². The summed E-state index contributed by atoms with van der Waals surface area (Å²) in [5, 5.41) is 2.81. The number of allylic oxidation sites excluding steroid dienone is 20. The lowest BCUT2D eigenvalue weighted by atomic mass is 10.2. The summed E-state index contributed by atoms with van der Waals surface area (Å²) in [6.07, 6.45) is 59.9. The van der Waals surface area contributed by atoms with Crippen LogP contribution in [0.1, 0.15) is 142 Å². The second-order valence-corrected chi connectivity index (χ2v) is 15.6. The molecule has 0 rings (SSSR count). The highest BCUT2D eigenvalue weighted by atomic mass is 31.2. The summed E-state index contributed by atoms with van der Waals surface area (Å²) in [6, 6.07) is 0. The summed E-state index contributed by atoms with van der Waals surface area (Å²) >= 11 is 0. The van der Waals surface area contributed by atoms with E-state index in [-0.39, 0.29) is 26.1 Å². The van der Waals surface area contributed by atoms with E-state index in [4.69, 9.17) is 18.5 Å². The summed E-state index contributed by atoms with van der Waals surface area (Å²) in [6.45, 7) is 3.97. The third kappa shape index (κ3) is 44.0. The van der Waals surface area contributed by atoms with Gasteiger partial charge >= 0.3 is 19.8 Å². The Hall–Kier alpha value is -3.59. The van der Waals surface area contributed by atoms with E-state index >= 15 is 0 Å². The normalized spacial score (nSPS) is 14.4. The molecule has 0 radical (unpaired) electrons. The molecule has 0 amide bonds. The van der Waals surface area contributed by atoms with Crippen LogP contribution in [0.3, 0.4) is 0 Å². The maximum Gasteiger partial charge on any atom is 0.472 e. The van der Waals surface area contributed by atoms with Crippen molar-refractivity contribution in [1.29, 1.82) is 0 Å². The van der Waals surface area contributed by atoms with Crippen LogP contribution >= 0.6 is 7.82 Å². The summed E-state index contributed by atoms with van der Waals surface area (Å²) in [5.74, 6) is -1.01. The summed E-state index contributed by atoms with van der Waals surface area (Å²) in [5.41, 5.74) is 0. The molecule has 0 saturated carbocycles. The minimum atomic E-state index is -4.40. The number of phosphoric ester groups is 1. The van der Waals surface area contributed by atoms with Crippen molar-refractivity contribution in [2.24, 2.45) is 0 Å². The molecule has 9 nitrogen and oxygen atoms in total. The maximum absolute atomic E-state index is 12.6. The zero-order chi connectivity index (χ0) is 43.9. The minimum Gasteiger partial charge on any atom is -0.462 e. The van der Waals surface area contributed by atoms with E-state index in [0.29, 0.717) is 19.4 Å². The number of esters is 2. The number of ether oxygens (including phenoxy) is 2. The quantitative estimate of drug-likeness (QED) is 0.0269. The molecule has 2 unspecified atom stereocenters. The van der Waals surface area contributed by atoms with Gasteiger partial charge in [0.2, 0.25) is 0 Å². The van der Waals surface area contributed by atoms with Gasteiger partial charge in [-0.3, -0.25) is 18.6 Å². The fourth-order valence-corrected chi connectivity index (χ4v) is 5.91. The molecule has 2 atom stereocenters. The maximum atomic E-state index is 12.6. The van der Waals surface area contributed by atoms with Crippen molar-refractivity contribution in [1.82, 2.24) is 5.32 Å². The van der Waals surface area contributed by atoms with E-state index in [9.17, 15) is 19.0 Å². The van der Waals surface area contributed by atoms with Crippen LogP contribution in [0.2, 0.25) is 0 Å². The molecule has 0 aromatic rings. The number of phosphoric acid groups is 1. The number of carbonyl (C=O) groups excluding carboxylic acids is 2. The third-order valence-electron chi connectivity index (χ3n) is 8.58. The molecule has 0 spiro atoms. The Morgan fingerprint density at radius 1 is 0.517 bits per heavy atom. The lowest BCUT2D eigenvalue weighted by Gasteiger charge is -2.19. The Kier molecular flexibility index (Phi) is 42.3. The molecule has 0 fully saturated rings. The van der Waals surface area contributed by atoms with Crippen molar-refractivity contribution >= 4 is 19.8 Å². The van der Waals surface area contributed by atoms with E-state index in [1.54, 1.807) is 7.05 Å². The Balaban J connectivity index is 4.48. The monoisotopic (exact) mass is 854 g/mol. The van der Waals surface area contributed by atoms with Crippen LogP contribution in [-0.2, 0) is 32.7 Å². The molecule has 0 saturated heterocycles. The predicted octanol–water partition coefficient (Wildman–Crippen LogP) is 13.2. The highest BCUT2D eigenvalue weighted by Crippen LogP contribution is 2.43. The lowest BCUT2D eigenvalue weighted by Crippen LogP contribution is -2.29. The van der Waals surface area contributed by atoms with Crippen LogP contribution in [0, 0.1) is 0 Å². The Morgan fingerprint density at radius 3 is 1.27 bits per heavy atom. The molecule has 0 bridgehead atoms. The number of carbonyl (C=O) groups is 2. The number of rotatable bonds is 40. The van der Waals surface area contributed by atoms with E-state index in [2.05, 4.69) is 116 Å². The van der Waals surface area contributed by atoms with Crippen molar-refractivity contribution in [2.75, 3.05) is 33.4 Å². The number of hydrogen-bond donors (Lipinski definition) is 2. The Morgan fingerprint density at radius 2 is 0.883 bits per heavy atom. The van der Waals surface area contributed by atoms with Gasteiger partial charge in [-0.25, -0.2) is 4.57 Å². The first-order valence-corrected chi connectivity index (χ1v) is 24.0. The van der Waals surface area contributed by atoms with E-state index in [0.717, 1.165) is 51.4 Å². The lowest BCUT2D eigenvalue weighted by molar-refractivity contribution is -0.161. The molecule has 338 valence electrons. The fraction of sp³-hybridized carbons (Fsp3) is 0.560. The standard InChI is InChI=1S/C50H80NO8P/c1-4-6-8-10-12-14-16-18-20-22-24-26-28-30-32-34-36-38-40-42-49(52)56-46-48(47-58-60(54,55)57-45-44-51-3)59-50(53)43-41-39-37-35-33-31-29-27-25-23-21-19-17-15-13-11-9-7-5-2/h12-15,18-21,24-27,30-33,36-39,48,51H,4-11,16-17,22-23,28-29,34-35,40-47H2,1-3H3,(H,54,55)/b14-12-,15-13-,20-18-,21-19-,26-24-,27-25-,32-30-,33-31-,38-36-,39-37-. The predicted molar refractivity (Wildman–Crippen MR) is 252 cm³/mol. The van der Waals surface area contributed by atoms with Gasteiger partial charge in [-0.15, -0.1) is 0 Å². The smallest absolute Gasteiger partial charge is 0.462 e. The molecular formula is C50H80NO8P. The van der Waals surface area contributed by atoms with Gasteiger partial charge in [0, 0.05) is 19.4 Å². The van der Waals surface area contributed by atoms with Crippen molar-refractivity contribution in [2.45, 2.75) is 148 Å². The third-order valence-corrected chi connectivity index (χ3v) is 9.57. The van der Waals surface area contributed by atoms with Gasteiger partial charge in [0.15, 0.2) is 6.10 Å². The molecule has 10 heteroatoms. The zero-order valence-electron chi connectivity index (χ0n) is 37.3. The van der Waals surface area contributed by atoms with Gasteiger partial charge in [-0.2, -0.15) is 0 Å². The van der Waals surface area contributed by atoms with Crippen molar-refractivity contribution in [3.8, 4) is 0 Å². The molecule has 0 aliphatic heterocycles. The SMILES string of the molecule is CCCCC/C=C\C/C=C\C/C=C\C/C=C\C/C=C\CCC(=O)OCC(COP(=O)(O)OCCNC)OC(=O)CC/C=C\C/C=C\C/C=C\C/C=C\C/C=C\CCCCC. The topological polar surface area (TPSA) is 120 Å². The molecule has 2 N–H and O–H groups in total. The largest absolute Gasteiger partial charge is 0.472 e. The summed E-state index contributed by atoms with van der Waals surface area (Å²) in [7, 11) is -2.71. The highest BCUT2D eigenvalue weighted by molar-refractivity contribution is 7.47. The number of hydrogen-bond acceptors (Lipinski definition) is 8. The van der Waals surface area contributed by atoms with E-state index in [1.165, 1.54) is 51.4 Å². The summed E-state index contributed by atoms with van der Waals surface area (Å²) in [4.78, 5) is 35.0. The van der Waals surface area contributed by atoms with Gasteiger partial charge in [-0.05, 0) is 96.9 Å². The zero-order valence-corrected chi connectivity index (χ0v) is 38.2. The first-order chi connectivity index (χ1) is 29.3. The Bertz CT molecular complexity index is 1390. The second kappa shape index (κ2) is 44.9. The van der Waals surface area contributed by atoms with Crippen molar-refractivity contribution in [3.63, 3.8) is 0 Å². The average molecular weight is 854 g/mol. The average Bonchev–Trinajstić information content (AvgIpc) is 3.23. The highest BCUT2D eigenvalue weighted by Gasteiger charge is 2.26. The van der Waals surface area contributed by atoms with Crippen molar-refractivity contribution in [3.05, 3.63) is 122 Å². The van der Waals surface area contributed by atoms with Gasteiger partial charge in [0.25, 0.3) is 0 Å². The molecule has 0 aliphatic carbocycles.